The third-order valence-electron chi connectivity index (χ3n) is 3.36. The van der Waals surface area contributed by atoms with E-state index >= 15 is 0 Å². The fourth-order valence-electron chi connectivity index (χ4n) is 2.19. The molecule has 0 spiro atoms. The summed E-state index contributed by atoms with van der Waals surface area (Å²) in [5.41, 5.74) is 5.22. The van der Waals surface area contributed by atoms with Gasteiger partial charge in [-0.15, -0.1) is 12.3 Å². The zero-order valence-corrected chi connectivity index (χ0v) is 12.2. The molecule has 0 amide bonds. The molecule has 18 heavy (non-hydrogen) atoms. The van der Waals surface area contributed by atoms with E-state index in [-0.39, 0.29) is 5.41 Å². The summed E-state index contributed by atoms with van der Waals surface area (Å²) >= 11 is 0. The van der Waals surface area contributed by atoms with Crippen LogP contribution in [0, 0.1) is 26.2 Å². The standard InChI is InChI=1S/C17H24O/c1-7-8-15(18)11-16-12(2)9-14(10-13(16)3)17(4,5)6/h1,9-10,15,18H,8,11H2,2-6H3. The van der Waals surface area contributed by atoms with Crippen LogP contribution < -0.4 is 0 Å². The molecule has 1 aromatic carbocycles. The molecule has 0 aromatic heterocycles. The van der Waals surface area contributed by atoms with E-state index in [9.17, 15) is 5.11 Å². The summed E-state index contributed by atoms with van der Waals surface area (Å²) in [5, 5.41) is 9.84. The number of terminal acetylenes is 1. The minimum Gasteiger partial charge on any atom is -0.392 e. The molecule has 1 heteroatoms. The molecule has 0 aliphatic carbocycles. The largest absolute Gasteiger partial charge is 0.392 e. The number of aliphatic hydroxyl groups is 1. The Labute approximate surface area is 111 Å². The summed E-state index contributed by atoms with van der Waals surface area (Å²) in [5.74, 6) is 2.51. The minimum atomic E-state index is -0.437. The fourth-order valence-corrected chi connectivity index (χ4v) is 2.19. The Hall–Kier alpha value is -1.26. The van der Waals surface area contributed by atoms with Gasteiger partial charge in [0.2, 0.25) is 0 Å². The molecule has 0 saturated heterocycles. The number of aliphatic hydroxyl groups excluding tert-OH is 1. The lowest BCUT2D eigenvalue weighted by atomic mass is 9.83. The smallest absolute Gasteiger partial charge is 0.0689 e. The minimum absolute atomic E-state index is 0.158. The zero-order chi connectivity index (χ0) is 13.9. The lowest BCUT2D eigenvalue weighted by molar-refractivity contribution is 0.180. The number of hydrogen-bond donors (Lipinski definition) is 1. The van der Waals surface area contributed by atoms with Gasteiger partial charge in [0.15, 0.2) is 0 Å². The first-order valence-electron chi connectivity index (χ1n) is 6.48. The maximum atomic E-state index is 9.84. The van der Waals surface area contributed by atoms with Crippen molar-refractivity contribution in [3.8, 4) is 12.3 Å². The molecule has 1 atom stereocenters. The first-order chi connectivity index (χ1) is 8.25. The van der Waals surface area contributed by atoms with Crippen molar-refractivity contribution in [3.05, 3.63) is 34.4 Å². The summed E-state index contributed by atoms with van der Waals surface area (Å²) in [6.45, 7) is 10.9. The highest BCUT2D eigenvalue weighted by atomic mass is 16.3. The van der Waals surface area contributed by atoms with Crippen LogP contribution in [0.3, 0.4) is 0 Å². The summed E-state index contributed by atoms with van der Waals surface area (Å²) in [4.78, 5) is 0. The third kappa shape index (κ3) is 3.62. The van der Waals surface area contributed by atoms with Gasteiger partial charge in [-0.25, -0.2) is 0 Å². The molecule has 0 bridgehead atoms. The summed E-state index contributed by atoms with van der Waals surface area (Å²) in [7, 11) is 0. The van der Waals surface area contributed by atoms with Crippen LogP contribution in [0.2, 0.25) is 0 Å². The van der Waals surface area contributed by atoms with E-state index in [2.05, 4.69) is 52.7 Å². The Morgan fingerprint density at radius 2 is 1.72 bits per heavy atom. The highest BCUT2D eigenvalue weighted by Gasteiger charge is 2.17. The van der Waals surface area contributed by atoms with Crippen LogP contribution in [0.15, 0.2) is 12.1 Å². The Kier molecular flexibility index (Phi) is 4.59. The zero-order valence-electron chi connectivity index (χ0n) is 12.2. The Balaban J connectivity index is 3.06. The molecule has 1 unspecified atom stereocenters. The van der Waals surface area contributed by atoms with Gasteiger partial charge < -0.3 is 5.11 Å². The highest BCUT2D eigenvalue weighted by Crippen LogP contribution is 2.27. The van der Waals surface area contributed by atoms with Gasteiger partial charge in [-0.05, 0) is 47.9 Å². The molecular formula is C17H24O. The first-order valence-corrected chi connectivity index (χ1v) is 6.48. The van der Waals surface area contributed by atoms with E-state index < -0.39 is 6.10 Å². The molecule has 0 heterocycles. The second-order valence-corrected chi connectivity index (χ2v) is 6.10. The Morgan fingerprint density at radius 3 is 2.11 bits per heavy atom. The quantitative estimate of drug-likeness (QED) is 0.807. The second kappa shape index (κ2) is 5.59. The molecule has 0 fully saturated rings. The van der Waals surface area contributed by atoms with Crippen LogP contribution in [0.25, 0.3) is 0 Å². The van der Waals surface area contributed by atoms with E-state index in [0.29, 0.717) is 12.8 Å². The van der Waals surface area contributed by atoms with Crippen LogP contribution in [-0.2, 0) is 11.8 Å². The van der Waals surface area contributed by atoms with Crippen molar-refractivity contribution in [1.82, 2.24) is 0 Å². The third-order valence-corrected chi connectivity index (χ3v) is 3.36. The van der Waals surface area contributed by atoms with Crippen molar-refractivity contribution >= 4 is 0 Å². The fraction of sp³-hybridized carbons (Fsp3) is 0.529. The van der Waals surface area contributed by atoms with E-state index in [1.807, 2.05) is 0 Å². The first kappa shape index (κ1) is 14.8. The maximum Gasteiger partial charge on any atom is 0.0689 e. The predicted molar refractivity (Wildman–Crippen MR) is 77.8 cm³/mol. The molecule has 1 nitrogen and oxygen atoms in total. The average Bonchev–Trinajstić information content (AvgIpc) is 2.22. The van der Waals surface area contributed by atoms with E-state index in [1.165, 1.54) is 22.3 Å². The molecule has 0 aliphatic rings. The van der Waals surface area contributed by atoms with E-state index in [1.54, 1.807) is 0 Å². The number of benzene rings is 1. The molecule has 1 N–H and O–H groups in total. The number of rotatable bonds is 3. The summed E-state index contributed by atoms with van der Waals surface area (Å²) < 4.78 is 0. The summed E-state index contributed by atoms with van der Waals surface area (Å²) in [6.07, 6.45) is 5.85. The van der Waals surface area contributed by atoms with Crippen LogP contribution in [0.5, 0.6) is 0 Å². The lowest BCUT2D eigenvalue weighted by Crippen LogP contribution is -2.15. The summed E-state index contributed by atoms with van der Waals surface area (Å²) in [6, 6.07) is 4.45. The highest BCUT2D eigenvalue weighted by molar-refractivity contribution is 5.40. The molecule has 1 rings (SSSR count). The van der Waals surface area contributed by atoms with Gasteiger partial charge in [0.1, 0.15) is 0 Å². The second-order valence-electron chi connectivity index (χ2n) is 6.10. The van der Waals surface area contributed by atoms with Gasteiger partial charge in [0.05, 0.1) is 6.10 Å². The SMILES string of the molecule is C#CCC(O)Cc1c(C)cc(C(C)(C)C)cc1C. The molecule has 1 aromatic rings. The molecule has 0 radical (unpaired) electrons. The van der Waals surface area contributed by atoms with Gasteiger partial charge in [-0.2, -0.15) is 0 Å². The lowest BCUT2D eigenvalue weighted by Gasteiger charge is -2.23. The van der Waals surface area contributed by atoms with Crippen molar-refractivity contribution < 1.29 is 5.11 Å². The normalized spacial score (nSPS) is 13.2. The molecular weight excluding hydrogens is 220 g/mol. The number of aryl methyl sites for hydroxylation is 2. The van der Waals surface area contributed by atoms with Gasteiger partial charge in [0.25, 0.3) is 0 Å². The Bertz CT molecular complexity index is 434. The average molecular weight is 244 g/mol. The van der Waals surface area contributed by atoms with Gasteiger partial charge in [-0.3, -0.25) is 0 Å². The molecule has 98 valence electrons. The van der Waals surface area contributed by atoms with E-state index in [0.717, 1.165) is 0 Å². The van der Waals surface area contributed by atoms with Crippen molar-refractivity contribution in [1.29, 1.82) is 0 Å². The van der Waals surface area contributed by atoms with Crippen LogP contribution >= 0.6 is 0 Å². The predicted octanol–water partition coefficient (Wildman–Crippen LogP) is 3.53. The van der Waals surface area contributed by atoms with Crippen LogP contribution in [0.1, 0.15) is 49.4 Å². The van der Waals surface area contributed by atoms with Crippen molar-refractivity contribution in [2.24, 2.45) is 0 Å². The van der Waals surface area contributed by atoms with Crippen molar-refractivity contribution in [2.75, 3.05) is 0 Å². The van der Waals surface area contributed by atoms with Gasteiger partial charge in [-0.1, -0.05) is 32.9 Å². The van der Waals surface area contributed by atoms with Crippen molar-refractivity contribution in [2.45, 2.75) is 59.0 Å². The topological polar surface area (TPSA) is 20.2 Å². The van der Waals surface area contributed by atoms with Crippen LogP contribution in [-0.4, -0.2) is 11.2 Å². The Morgan fingerprint density at radius 1 is 1.22 bits per heavy atom. The molecule has 0 saturated carbocycles. The van der Waals surface area contributed by atoms with Gasteiger partial charge in [0, 0.05) is 6.42 Å². The monoisotopic (exact) mass is 244 g/mol. The van der Waals surface area contributed by atoms with E-state index in [4.69, 9.17) is 6.42 Å². The van der Waals surface area contributed by atoms with Gasteiger partial charge >= 0.3 is 0 Å². The van der Waals surface area contributed by atoms with Crippen molar-refractivity contribution in [3.63, 3.8) is 0 Å². The van der Waals surface area contributed by atoms with Crippen LogP contribution in [0.4, 0.5) is 0 Å². The number of hydrogen-bond acceptors (Lipinski definition) is 1. The maximum absolute atomic E-state index is 9.84. The molecule has 0 aliphatic heterocycles.